The van der Waals surface area contributed by atoms with E-state index in [4.69, 9.17) is 15.2 Å². The van der Waals surface area contributed by atoms with Gasteiger partial charge in [-0.2, -0.15) is 4.98 Å². The summed E-state index contributed by atoms with van der Waals surface area (Å²) < 4.78 is 14.5. The number of aryl methyl sites for hydroxylation is 1. The predicted octanol–water partition coefficient (Wildman–Crippen LogP) is 7.82. The first-order valence-corrected chi connectivity index (χ1v) is 14.0. The molecule has 0 aliphatic rings. The Morgan fingerprint density at radius 1 is 0.780 bits per heavy atom. The highest BCUT2D eigenvalue weighted by Crippen LogP contribution is 2.25. The van der Waals surface area contributed by atoms with Crippen molar-refractivity contribution in [3.8, 4) is 17.2 Å². The van der Waals surface area contributed by atoms with E-state index in [9.17, 15) is 0 Å². The summed E-state index contributed by atoms with van der Waals surface area (Å²) in [5, 5.41) is 3.21. The zero-order valence-electron chi connectivity index (χ0n) is 23.7. The van der Waals surface area contributed by atoms with E-state index < -0.39 is 0 Å². The Bertz CT molecular complexity index is 1390. The molecule has 5 rings (SSSR count). The van der Waals surface area contributed by atoms with Gasteiger partial charge in [-0.05, 0) is 73.5 Å². The van der Waals surface area contributed by atoms with E-state index in [1.165, 1.54) is 11.9 Å². The van der Waals surface area contributed by atoms with Gasteiger partial charge in [0.05, 0.1) is 12.8 Å². The van der Waals surface area contributed by atoms with E-state index in [1.807, 2.05) is 124 Å². The number of hydrogen-bond donors (Lipinski definition) is 3. The Morgan fingerprint density at radius 3 is 2.02 bits per heavy atom. The minimum Gasteiger partial charge on any atom is -0.497 e. The minimum absolute atomic E-state index is 0.239. The maximum atomic E-state index is 5.99. The van der Waals surface area contributed by atoms with Gasteiger partial charge >= 0.3 is 0 Å². The highest BCUT2D eigenvalue weighted by atomic mass is 32.2. The molecule has 0 bridgehead atoms. The van der Waals surface area contributed by atoms with Crippen LogP contribution in [-0.4, -0.2) is 22.1 Å². The van der Waals surface area contributed by atoms with E-state index in [0.29, 0.717) is 12.4 Å². The quantitative estimate of drug-likeness (QED) is 0.153. The van der Waals surface area contributed by atoms with Crippen LogP contribution in [0.3, 0.4) is 0 Å². The van der Waals surface area contributed by atoms with E-state index in [1.54, 1.807) is 13.3 Å². The summed E-state index contributed by atoms with van der Waals surface area (Å²) in [6, 6.07) is 33.1. The standard InChI is InChI=1S/C24H24N6O2S.C6H6.C2H6/c1-16-13-23(30-24(25)28-16)29-17-3-5-20(6-4-17)32-21-11-12-26-18(14-21)15-27-33-22-9-7-19(31-2)8-10-22;1-2-4-6-5-3-1;1-2/h3-14,27H,15H2,1-2H3,(H3,25,28,29,30);1-6H;1-2H3. The van der Waals surface area contributed by atoms with Crippen molar-refractivity contribution in [2.24, 2.45) is 0 Å². The number of nitrogens with zero attached hydrogens (tertiary/aromatic N) is 3. The van der Waals surface area contributed by atoms with Gasteiger partial charge in [-0.15, -0.1) is 0 Å². The van der Waals surface area contributed by atoms with E-state index in [0.717, 1.165) is 39.2 Å². The van der Waals surface area contributed by atoms with Crippen LogP contribution in [0.5, 0.6) is 17.2 Å². The second kappa shape index (κ2) is 17.2. The van der Waals surface area contributed by atoms with Crippen molar-refractivity contribution < 1.29 is 9.47 Å². The molecule has 41 heavy (non-hydrogen) atoms. The van der Waals surface area contributed by atoms with Crippen molar-refractivity contribution in [1.29, 1.82) is 0 Å². The highest BCUT2D eigenvalue weighted by Gasteiger charge is 2.04. The summed E-state index contributed by atoms with van der Waals surface area (Å²) in [5.74, 6) is 3.16. The van der Waals surface area contributed by atoms with E-state index >= 15 is 0 Å². The Morgan fingerprint density at radius 2 is 1.41 bits per heavy atom. The summed E-state index contributed by atoms with van der Waals surface area (Å²) in [4.78, 5) is 13.8. The number of methoxy groups -OCH3 is 1. The molecular weight excluding hydrogens is 532 g/mol. The lowest BCUT2D eigenvalue weighted by Gasteiger charge is -2.10. The van der Waals surface area contributed by atoms with Crippen LogP contribution in [-0.2, 0) is 6.54 Å². The first-order chi connectivity index (χ1) is 20.1. The smallest absolute Gasteiger partial charge is 0.222 e. The second-order valence-electron chi connectivity index (χ2n) is 8.24. The first kappa shape index (κ1) is 30.9. The first-order valence-electron chi connectivity index (χ1n) is 13.2. The van der Waals surface area contributed by atoms with Crippen molar-refractivity contribution in [2.75, 3.05) is 18.2 Å². The number of benzene rings is 3. The lowest BCUT2D eigenvalue weighted by atomic mass is 10.3. The number of aromatic nitrogens is 3. The highest BCUT2D eigenvalue weighted by molar-refractivity contribution is 7.97. The molecule has 0 unspecified atom stereocenters. The van der Waals surface area contributed by atoms with Gasteiger partial charge in [0.25, 0.3) is 0 Å². The number of nitrogens with two attached hydrogens (primary N) is 1. The van der Waals surface area contributed by atoms with E-state index in [-0.39, 0.29) is 5.95 Å². The average Bonchev–Trinajstić information content (AvgIpc) is 3.00. The molecule has 0 saturated carbocycles. The lowest BCUT2D eigenvalue weighted by molar-refractivity contribution is 0.414. The average molecular weight is 569 g/mol. The van der Waals surface area contributed by atoms with Gasteiger partial charge in [0, 0.05) is 41.2 Å². The van der Waals surface area contributed by atoms with Gasteiger partial charge in [-0.1, -0.05) is 50.2 Å². The third-order valence-corrected chi connectivity index (χ3v) is 5.99. The summed E-state index contributed by atoms with van der Waals surface area (Å²) in [5.41, 5.74) is 8.26. The number of anilines is 3. The molecule has 2 aromatic heterocycles. The Balaban J connectivity index is 0.000000505. The Hall–Kier alpha value is -4.60. The Labute approximate surface area is 246 Å². The van der Waals surface area contributed by atoms with Gasteiger partial charge in [-0.3, -0.25) is 9.71 Å². The second-order valence-corrected chi connectivity index (χ2v) is 9.20. The third-order valence-electron chi connectivity index (χ3n) is 5.19. The van der Waals surface area contributed by atoms with Crippen LogP contribution in [0.1, 0.15) is 25.2 Å². The molecular formula is C32H36N6O2S. The molecule has 4 N–H and O–H groups in total. The molecule has 2 heterocycles. The van der Waals surface area contributed by atoms with Crippen molar-refractivity contribution in [3.05, 3.63) is 121 Å². The zero-order valence-corrected chi connectivity index (χ0v) is 24.6. The van der Waals surface area contributed by atoms with Crippen molar-refractivity contribution in [2.45, 2.75) is 32.2 Å². The van der Waals surface area contributed by atoms with Gasteiger partial charge in [-0.25, -0.2) is 4.98 Å². The van der Waals surface area contributed by atoms with Crippen LogP contribution in [0.15, 0.2) is 114 Å². The van der Waals surface area contributed by atoms with Gasteiger partial charge in [0.2, 0.25) is 5.95 Å². The molecule has 0 fully saturated rings. The SMILES string of the molecule is CC.COc1ccc(SNCc2cc(Oc3ccc(Nc4cc(C)nc(N)n4)cc3)ccn2)cc1.c1ccccc1. The lowest BCUT2D eigenvalue weighted by Crippen LogP contribution is -2.04. The zero-order chi connectivity index (χ0) is 29.3. The number of rotatable bonds is 9. The number of nitrogens with one attached hydrogen (secondary N) is 2. The predicted molar refractivity (Wildman–Crippen MR) is 169 cm³/mol. The van der Waals surface area contributed by atoms with Gasteiger partial charge in [0.15, 0.2) is 0 Å². The fraction of sp³-hybridized carbons (Fsp3) is 0.156. The van der Waals surface area contributed by atoms with Crippen LogP contribution in [0, 0.1) is 6.92 Å². The van der Waals surface area contributed by atoms with Crippen LogP contribution in [0.25, 0.3) is 0 Å². The van der Waals surface area contributed by atoms with Crippen LogP contribution < -0.4 is 25.2 Å². The number of pyridine rings is 1. The molecule has 212 valence electrons. The molecule has 0 aliphatic carbocycles. The molecule has 0 saturated heterocycles. The molecule has 3 aromatic carbocycles. The minimum atomic E-state index is 0.239. The van der Waals surface area contributed by atoms with E-state index in [2.05, 4.69) is 25.0 Å². The maximum absolute atomic E-state index is 5.99. The molecule has 0 radical (unpaired) electrons. The topological polar surface area (TPSA) is 107 Å². The van der Waals surface area contributed by atoms with Gasteiger partial charge < -0.3 is 20.5 Å². The Kier molecular flexibility index (Phi) is 13.0. The van der Waals surface area contributed by atoms with Gasteiger partial charge in [0.1, 0.15) is 23.1 Å². The fourth-order valence-electron chi connectivity index (χ4n) is 3.38. The fourth-order valence-corrected chi connectivity index (χ4v) is 4.04. The summed E-state index contributed by atoms with van der Waals surface area (Å²) in [6.07, 6.45) is 1.74. The van der Waals surface area contributed by atoms with Crippen LogP contribution in [0.4, 0.5) is 17.5 Å². The number of ether oxygens (including phenoxy) is 2. The summed E-state index contributed by atoms with van der Waals surface area (Å²) in [7, 11) is 1.66. The number of hydrogen-bond acceptors (Lipinski definition) is 9. The molecule has 5 aromatic rings. The summed E-state index contributed by atoms with van der Waals surface area (Å²) >= 11 is 1.54. The van der Waals surface area contributed by atoms with Crippen molar-refractivity contribution >= 4 is 29.4 Å². The summed E-state index contributed by atoms with van der Waals surface area (Å²) in [6.45, 7) is 6.47. The van der Waals surface area contributed by atoms with Crippen LogP contribution in [0.2, 0.25) is 0 Å². The molecule has 0 atom stereocenters. The molecule has 8 nitrogen and oxygen atoms in total. The maximum Gasteiger partial charge on any atom is 0.222 e. The normalized spacial score (nSPS) is 9.85. The largest absolute Gasteiger partial charge is 0.497 e. The molecule has 9 heteroatoms. The van der Waals surface area contributed by atoms with Crippen molar-refractivity contribution in [1.82, 2.24) is 19.7 Å². The molecule has 0 aliphatic heterocycles. The van der Waals surface area contributed by atoms with Crippen LogP contribution >= 0.6 is 11.9 Å². The molecule has 0 amide bonds. The monoisotopic (exact) mass is 568 g/mol. The van der Waals surface area contributed by atoms with Crippen molar-refractivity contribution in [3.63, 3.8) is 0 Å². The third kappa shape index (κ3) is 11.2. The molecule has 0 spiro atoms. The number of nitrogen functional groups attached to an aromatic ring is 1.